The number of aromatic nitrogens is 1. The number of rotatable bonds is 11. The van der Waals surface area contributed by atoms with Crippen molar-refractivity contribution in [2.75, 3.05) is 7.11 Å². The summed E-state index contributed by atoms with van der Waals surface area (Å²) in [5.41, 5.74) is 7.10. The van der Waals surface area contributed by atoms with E-state index in [4.69, 9.17) is 53.4 Å². The van der Waals surface area contributed by atoms with E-state index in [-0.39, 0.29) is 19.0 Å². The average molecular weight is 653 g/mol. The van der Waals surface area contributed by atoms with E-state index in [1.807, 2.05) is 24.3 Å². The maximum atomic E-state index is 12.7. The van der Waals surface area contributed by atoms with Crippen molar-refractivity contribution in [3.63, 3.8) is 0 Å². The molecule has 226 valence electrons. The van der Waals surface area contributed by atoms with Gasteiger partial charge in [-0.05, 0) is 86.1 Å². The number of hydrogen-bond acceptors (Lipinski definition) is 6. The van der Waals surface area contributed by atoms with Crippen LogP contribution in [0.2, 0.25) is 15.1 Å². The zero-order valence-corrected chi connectivity index (χ0v) is 26.3. The summed E-state index contributed by atoms with van der Waals surface area (Å²) in [7, 11) is 1.50. The molecule has 0 fully saturated rings. The standard InChI is InChI=1S/C33H28Cl3N3O5/c1-20-4-5-21(2)39(20)25-7-9-26(10-8-25)42-19-27-11-13-30(44-27)33(40)38-37-17-23-15-24(34)16-31(41-3)32(23)43-18-22-6-12-28(35)29(36)14-22/h4-17H,18-19H2,1-3H3,(H,38,40). The van der Waals surface area contributed by atoms with Crippen LogP contribution in [0.5, 0.6) is 17.2 Å². The van der Waals surface area contributed by atoms with E-state index in [0.29, 0.717) is 43.6 Å². The van der Waals surface area contributed by atoms with Crippen LogP contribution < -0.4 is 19.6 Å². The predicted octanol–water partition coefficient (Wildman–Crippen LogP) is 8.58. The Morgan fingerprint density at radius 2 is 1.64 bits per heavy atom. The number of nitrogens with zero attached hydrogens (tertiary/aromatic N) is 2. The molecule has 0 saturated carbocycles. The third-order valence-corrected chi connectivity index (χ3v) is 7.60. The molecule has 0 aliphatic heterocycles. The maximum Gasteiger partial charge on any atom is 0.307 e. The number of nitrogens with one attached hydrogen (secondary N) is 1. The fourth-order valence-corrected chi connectivity index (χ4v) is 5.03. The smallest absolute Gasteiger partial charge is 0.307 e. The van der Waals surface area contributed by atoms with Crippen molar-refractivity contribution in [3.8, 4) is 22.9 Å². The molecule has 0 radical (unpaired) electrons. The van der Waals surface area contributed by atoms with Gasteiger partial charge >= 0.3 is 5.91 Å². The number of halogens is 3. The highest BCUT2D eigenvalue weighted by Crippen LogP contribution is 2.35. The number of hydrogen-bond donors (Lipinski definition) is 1. The highest BCUT2D eigenvalue weighted by Gasteiger charge is 2.15. The van der Waals surface area contributed by atoms with Crippen LogP contribution in [-0.4, -0.2) is 23.8 Å². The second-order valence-corrected chi connectivity index (χ2v) is 11.0. The van der Waals surface area contributed by atoms with Crippen LogP contribution >= 0.6 is 34.8 Å². The molecule has 44 heavy (non-hydrogen) atoms. The highest BCUT2D eigenvalue weighted by molar-refractivity contribution is 6.42. The Labute approximate surface area is 269 Å². The third-order valence-electron chi connectivity index (χ3n) is 6.64. The van der Waals surface area contributed by atoms with Crippen molar-refractivity contribution < 1.29 is 23.4 Å². The summed E-state index contributed by atoms with van der Waals surface area (Å²) in [6.07, 6.45) is 1.41. The van der Waals surface area contributed by atoms with Crippen LogP contribution in [0.25, 0.3) is 5.69 Å². The van der Waals surface area contributed by atoms with Gasteiger partial charge in [-0.3, -0.25) is 4.79 Å². The number of carbonyl (C=O) groups is 1. The molecule has 1 N–H and O–H groups in total. The number of aryl methyl sites for hydroxylation is 2. The molecule has 2 heterocycles. The van der Waals surface area contributed by atoms with Crippen molar-refractivity contribution in [2.45, 2.75) is 27.1 Å². The summed E-state index contributed by atoms with van der Waals surface area (Å²) < 4.78 is 25.2. The lowest BCUT2D eigenvalue weighted by Crippen LogP contribution is -2.17. The van der Waals surface area contributed by atoms with E-state index in [2.05, 4.69) is 41.1 Å². The number of hydrazone groups is 1. The van der Waals surface area contributed by atoms with Crippen LogP contribution in [0, 0.1) is 13.8 Å². The summed E-state index contributed by atoms with van der Waals surface area (Å²) in [6.45, 7) is 4.46. The molecule has 5 rings (SSSR count). The molecule has 0 bridgehead atoms. The first-order chi connectivity index (χ1) is 21.2. The van der Waals surface area contributed by atoms with Gasteiger partial charge in [0.2, 0.25) is 0 Å². The van der Waals surface area contributed by atoms with Crippen molar-refractivity contribution in [3.05, 3.63) is 128 Å². The fraction of sp³-hybridized carbons (Fsp3) is 0.152. The number of carbonyl (C=O) groups excluding carboxylic acids is 1. The molecule has 0 saturated heterocycles. The number of furan rings is 1. The topological polar surface area (TPSA) is 87.2 Å². The van der Waals surface area contributed by atoms with Crippen molar-refractivity contribution in [2.24, 2.45) is 5.10 Å². The summed E-state index contributed by atoms with van der Waals surface area (Å²) >= 11 is 18.4. The van der Waals surface area contributed by atoms with Crippen molar-refractivity contribution >= 4 is 46.9 Å². The Hall–Kier alpha value is -4.37. The van der Waals surface area contributed by atoms with E-state index in [1.165, 1.54) is 13.3 Å². The van der Waals surface area contributed by atoms with E-state index in [0.717, 1.165) is 22.6 Å². The predicted molar refractivity (Wildman–Crippen MR) is 172 cm³/mol. The lowest BCUT2D eigenvalue weighted by Gasteiger charge is -2.14. The summed E-state index contributed by atoms with van der Waals surface area (Å²) in [5, 5.41) is 5.33. The quantitative estimate of drug-likeness (QED) is 0.114. The Kier molecular flexibility index (Phi) is 9.85. The average Bonchev–Trinajstić information content (AvgIpc) is 3.63. The molecule has 0 unspecified atom stereocenters. The number of amides is 1. The molecule has 5 aromatic rings. The van der Waals surface area contributed by atoms with Gasteiger partial charge in [-0.15, -0.1) is 0 Å². The first-order valence-electron chi connectivity index (χ1n) is 13.5. The normalized spacial score (nSPS) is 11.1. The number of methoxy groups -OCH3 is 1. The largest absolute Gasteiger partial charge is 0.493 e. The zero-order valence-electron chi connectivity index (χ0n) is 24.1. The second-order valence-electron chi connectivity index (χ2n) is 9.76. The van der Waals surface area contributed by atoms with Crippen molar-refractivity contribution in [1.29, 1.82) is 0 Å². The summed E-state index contributed by atoms with van der Waals surface area (Å²) in [4.78, 5) is 12.7. The first-order valence-corrected chi connectivity index (χ1v) is 14.6. The van der Waals surface area contributed by atoms with E-state index in [9.17, 15) is 4.79 Å². The van der Waals surface area contributed by atoms with Gasteiger partial charge in [-0.25, -0.2) is 5.43 Å². The Bertz CT molecular complexity index is 1790. The molecule has 0 spiro atoms. The van der Waals surface area contributed by atoms with Gasteiger partial charge in [0, 0.05) is 33.7 Å². The molecule has 0 atom stereocenters. The maximum absolute atomic E-state index is 12.7. The van der Waals surface area contributed by atoms with E-state index in [1.54, 1.807) is 42.5 Å². The molecular formula is C33H28Cl3N3O5. The number of benzene rings is 3. The molecular weight excluding hydrogens is 625 g/mol. The van der Waals surface area contributed by atoms with Gasteiger partial charge in [-0.2, -0.15) is 5.10 Å². The SMILES string of the molecule is COc1cc(Cl)cc(C=NNC(=O)c2ccc(COc3ccc(-n4c(C)ccc4C)cc3)o2)c1OCc1ccc(Cl)c(Cl)c1. The Morgan fingerprint density at radius 3 is 2.34 bits per heavy atom. The van der Waals surface area contributed by atoms with Crippen LogP contribution in [0.1, 0.15) is 38.8 Å². The van der Waals surface area contributed by atoms with E-state index < -0.39 is 5.91 Å². The summed E-state index contributed by atoms with van der Waals surface area (Å²) in [6, 6.07) is 23.6. The molecule has 0 aliphatic rings. The second kappa shape index (κ2) is 13.9. The fourth-order valence-electron chi connectivity index (χ4n) is 4.49. The van der Waals surface area contributed by atoms with E-state index >= 15 is 0 Å². The molecule has 3 aromatic carbocycles. The zero-order chi connectivity index (χ0) is 31.2. The minimum Gasteiger partial charge on any atom is -0.493 e. The molecule has 2 aromatic heterocycles. The van der Waals surface area contributed by atoms with Gasteiger partial charge < -0.3 is 23.2 Å². The molecule has 8 nitrogen and oxygen atoms in total. The lowest BCUT2D eigenvalue weighted by atomic mass is 10.2. The first kappa shape index (κ1) is 31.1. The highest BCUT2D eigenvalue weighted by atomic mass is 35.5. The minimum atomic E-state index is -0.540. The molecule has 0 aliphatic carbocycles. The minimum absolute atomic E-state index is 0.0782. The third kappa shape index (κ3) is 7.39. The lowest BCUT2D eigenvalue weighted by molar-refractivity contribution is 0.0923. The van der Waals surface area contributed by atoms with Gasteiger partial charge in [0.05, 0.1) is 23.4 Å². The van der Waals surface area contributed by atoms with Crippen LogP contribution in [0.15, 0.2) is 88.4 Å². The van der Waals surface area contributed by atoms with Gasteiger partial charge in [0.25, 0.3) is 0 Å². The van der Waals surface area contributed by atoms with Crippen molar-refractivity contribution in [1.82, 2.24) is 9.99 Å². The van der Waals surface area contributed by atoms with Gasteiger partial charge in [0.15, 0.2) is 17.3 Å². The summed E-state index contributed by atoms with van der Waals surface area (Å²) in [5.74, 6) is 1.47. The monoisotopic (exact) mass is 651 g/mol. The van der Waals surface area contributed by atoms with Crippen LogP contribution in [0.4, 0.5) is 0 Å². The van der Waals surface area contributed by atoms with Gasteiger partial charge in [-0.1, -0.05) is 40.9 Å². The number of ether oxygens (including phenoxy) is 3. The molecule has 11 heteroatoms. The Balaban J connectivity index is 1.19. The Morgan fingerprint density at radius 1 is 0.886 bits per heavy atom. The van der Waals surface area contributed by atoms with Gasteiger partial charge in [0.1, 0.15) is 24.7 Å². The molecule has 1 amide bonds. The van der Waals surface area contributed by atoms with Crippen LogP contribution in [-0.2, 0) is 13.2 Å². The van der Waals surface area contributed by atoms with Crippen LogP contribution in [0.3, 0.4) is 0 Å².